The number of rotatable bonds is 2. The van der Waals surface area contributed by atoms with Crippen LogP contribution in [0.5, 0.6) is 0 Å². The van der Waals surface area contributed by atoms with Crippen molar-refractivity contribution in [2.24, 2.45) is 11.8 Å². The number of hydrogen-bond acceptors (Lipinski definition) is 4. The van der Waals surface area contributed by atoms with Crippen molar-refractivity contribution in [3.8, 4) is 0 Å². The number of hydrogen-bond donors (Lipinski definition) is 0. The highest BCUT2D eigenvalue weighted by Crippen LogP contribution is 2.52. The zero-order chi connectivity index (χ0) is 13.4. The molecule has 0 unspecified atom stereocenters. The maximum atomic E-state index is 11.1. The van der Waals surface area contributed by atoms with E-state index in [4.69, 9.17) is 9.47 Å². The predicted octanol–water partition coefficient (Wildman–Crippen LogP) is 2.19. The van der Waals surface area contributed by atoms with Crippen LogP contribution in [0.25, 0.3) is 0 Å². The molecule has 100 valence electrons. The molecule has 2 aliphatic rings. The van der Waals surface area contributed by atoms with Crippen molar-refractivity contribution in [1.29, 1.82) is 0 Å². The van der Waals surface area contributed by atoms with Gasteiger partial charge in [0.2, 0.25) is 0 Å². The van der Waals surface area contributed by atoms with Gasteiger partial charge in [0.05, 0.1) is 0 Å². The monoisotopic (exact) mass is 380 g/mol. The number of halogens is 2. The number of ether oxygens (including phenoxy) is 2. The third-order valence-corrected chi connectivity index (χ3v) is 6.41. The zero-order valence-electron chi connectivity index (χ0n) is 10.0. The van der Waals surface area contributed by atoms with Crippen molar-refractivity contribution in [2.45, 2.75) is 35.7 Å². The average molecular weight is 382 g/mol. The minimum Gasteiger partial charge on any atom is -0.458 e. The van der Waals surface area contributed by atoms with Crippen molar-refractivity contribution in [3.63, 3.8) is 0 Å². The van der Waals surface area contributed by atoms with Gasteiger partial charge in [-0.05, 0) is 12.2 Å². The molecule has 0 aromatic heterocycles. The van der Waals surface area contributed by atoms with E-state index in [2.05, 4.69) is 31.9 Å². The van der Waals surface area contributed by atoms with Crippen molar-refractivity contribution in [1.82, 2.24) is 0 Å². The van der Waals surface area contributed by atoms with Gasteiger partial charge in [-0.1, -0.05) is 31.9 Å². The molecule has 0 spiro atoms. The van der Waals surface area contributed by atoms with Gasteiger partial charge in [0.25, 0.3) is 0 Å². The van der Waals surface area contributed by atoms with E-state index in [1.165, 1.54) is 13.8 Å². The molecule has 2 aliphatic carbocycles. The van der Waals surface area contributed by atoms with Crippen LogP contribution in [0.1, 0.15) is 13.8 Å². The lowest BCUT2D eigenvalue weighted by molar-refractivity contribution is -0.159. The highest BCUT2D eigenvalue weighted by atomic mass is 79.9. The molecule has 18 heavy (non-hydrogen) atoms. The molecular weight excluding hydrogens is 368 g/mol. The summed E-state index contributed by atoms with van der Waals surface area (Å²) in [7, 11) is 0. The lowest BCUT2D eigenvalue weighted by atomic mass is 9.65. The second-order valence-corrected chi connectivity index (χ2v) is 6.69. The summed E-state index contributed by atoms with van der Waals surface area (Å²) in [6, 6.07) is 0. The van der Waals surface area contributed by atoms with Gasteiger partial charge in [0.1, 0.15) is 12.2 Å². The molecule has 1 saturated carbocycles. The maximum Gasteiger partial charge on any atom is 0.303 e. The molecule has 0 saturated heterocycles. The molecule has 1 fully saturated rings. The molecule has 0 aromatic carbocycles. The molecule has 0 bridgehead atoms. The van der Waals surface area contributed by atoms with Gasteiger partial charge in [-0.15, -0.1) is 0 Å². The number of fused-ring (bicyclic) bond motifs is 1. The first-order valence-corrected chi connectivity index (χ1v) is 7.56. The van der Waals surface area contributed by atoms with Crippen molar-refractivity contribution in [2.75, 3.05) is 0 Å². The summed E-state index contributed by atoms with van der Waals surface area (Å²) < 4.78 is 10.6. The molecular formula is C12H14Br2O4. The Kier molecular flexibility index (Phi) is 4.16. The summed E-state index contributed by atoms with van der Waals surface area (Å²) >= 11 is 7.16. The molecule has 6 atom stereocenters. The average Bonchev–Trinajstić information content (AvgIpc) is 2.28. The Bertz CT molecular complexity index is 360. The summed E-state index contributed by atoms with van der Waals surface area (Å²) in [5.41, 5.74) is 0. The van der Waals surface area contributed by atoms with E-state index in [0.717, 1.165) is 0 Å². The summed E-state index contributed by atoms with van der Waals surface area (Å²) in [5.74, 6) is -0.334. The van der Waals surface area contributed by atoms with Gasteiger partial charge in [-0.3, -0.25) is 9.59 Å². The zero-order valence-corrected chi connectivity index (χ0v) is 13.2. The van der Waals surface area contributed by atoms with E-state index in [1.54, 1.807) is 0 Å². The smallest absolute Gasteiger partial charge is 0.303 e. The largest absolute Gasteiger partial charge is 0.458 e. The topological polar surface area (TPSA) is 52.6 Å². The number of carbonyl (C=O) groups excluding carboxylic acids is 2. The molecule has 6 heteroatoms. The lowest BCUT2D eigenvalue weighted by Gasteiger charge is -2.53. The summed E-state index contributed by atoms with van der Waals surface area (Å²) in [6.45, 7) is 2.79. The molecule has 0 aromatic rings. The number of carbonyl (C=O) groups is 2. The Hall–Kier alpha value is -0.360. The molecule has 0 radical (unpaired) electrons. The summed E-state index contributed by atoms with van der Waals surface area (Å²) in [6.07, 6.45) is 3.11. The van der Waals surface area contributed by atoms with E-state index in [-0.39, 0.29) is 45.6 Å². The first kappa shape index (κ1) is 14.1. The third kappa shape index (κ3) is 2.50. The van der Waals surface area contributed by atoms with Crippen molar-refractivity contribution >= 4 is 43.8 Å². The van der Waals surface area contributed by atoms with E-state index >= 15 is 0 Å². The Morgan fingerprint density at radius 2 is 1.22 bits per heavy atom. The fraction of sp³-hybridized carbons (Fsp3) is 0.667. The first-order chi connectivity index (χ1) is 8.41. The fourth-order valence-corrected chi connectivity index (χ4v) is 4.61. The molecule has 0 aliphatic heterocycles. The lowest BCUT2D eigenvalue weighted by Crippen LogP contribution is -2.61. The molecule has 0 amide bonds. The predicted molar refractivity (Wildman–Crippen MR) is 72.7 cm³/mol. The molecule has 0 N–H and O–H groups in total. The van der Waals surface area contributed by atoms with Crippen LogP contribution in [-0.2, 0) is 19.1 Å². The Morgan fingerprint density at radius 1 is 0.889 bits per heavy atom. The quantitative estimate of drug-likeness (QED) is 0.418. The normalized spacial score (nSPS) is 41.6. The summed E-state index contributed by atoms with van der Waals surface area (Å²) in [5, 5.41) is 0. The minimum absolute atomic E-state index is 0.132. The van der Waals surface area contributed by atoms with E-state index in [1.807, 2.05) is 12.2 Å². The Labute approximate surface area is 122 Å². The van der Waals surface area contributed by atoms with Gasteiger partial charge in [0.15, 0.2) is 0 Å². The SMILES string of the molecule is CC(=O)O[C@H]1C=C[C@@H](OC(C)=O)[C@@H]2[C@H](Br)[C@@H](Br)[C@@H]21. The van der Waals surface area contributed by atoms with Gasteiger partial charge >= 0.3 is 11.9 Å². The number of esters is 2. The van der Waals surface area contributed by atoms with E-state index < -0.39 is 0 Å². The van der Waals surface area contributed by atoms with E-state index in [9.17, 15) is 9.59 Å². The number of alkyl halides is 2. The van der Waals surface area contributed by atoms with Gasteiger partial charge < -0.3 is 9.47 Å². The highest BCUT2D eigenvalue weighted by molar-refractivity contribution is 9.12. The van der Waals surface area contributed by atoms with Crippen LogP contribution in [0.2, 0.25) is 0 Å². The minimum atomic E-state index is -0.299. The molecule has 0 heterocycles. The standard InChI is InChI=1S/C12H14Br2O4/c1-5(15)17-7-3-4-8(18-6(2)16)10-9(7)11(13)12(10)14/h3-4,7-12H,1-2H3/t7-,8+,9+,10-,11-,12-/m0/s1. The van der Waals surface area contributed by atoms with Crippen LogP contribution < -0.4 is 0 Å². The van der Waals surface area contributed by atoms with Crippen molar-refractivity contribution < 1.29 is 19.1 Å². The van der Waals surface area contributed by atoms with Crippen LogP contribution in [0, 0.1) is 11.8 Å². The second kappa shape index (κ2) is 5.33. The second-order valence-electron chi connectivity index (χ2n) is 4.58. The first-order valence-electron chi connectivity index (χ1n) is 5.72. The third-order valence-electron chi connectivity index (χ3n) is 3.34. The van der Waals surface area contributed by atoms with Gasteiger partial charge in [-0.25, -0.2) is 0 Å². The summed E-state index contributed by atoms with van der Waals surface area (Å²) in [4.78, 5) is 22.5. The van der Waals surface area contributed by atoms with Crippen LogP contribution in [0.3, 0.4) is 0 Å². The van der Waals surface area contributed by atoms with Crippen molar-refractivity contribution in [3.05, 3.63) is 12.2 Å². The van der Waals surface area contributed by atoms with Gasteiger partial charge in [0, 0.05) is 35.3 Å². The van der Waals surface area contributed by atoms with Crippen LogP contribution in [-0.4, -0.2) is 33.8 Å². The molecule has 4 nitrogen and oxygen atoms in total. The van der Waals surface area contributed by atoms with Crippen LogP contribution in [0.4, 0.5) is 0 Å². The molecule has 2 rings (SSSR count). The maximum absolute atomic E-state index is 11.1. The van der Waals surface area contributed by atoms with Gasteiger partial charge in [-0.2, -0.15) is 0 Å². The fourth-order valence-electron chi connectivity index (χ4n) is 2.60. The van der Waals surface area contributed by atoms with Crippen LogP contribution >= 0.6 is 31.9 Å². The highest BCUT2D eigenvalue weighted by Gasteiger charge is 2.57. The van der Waals surface area contributed by atoms with Crippen LogP contribution in [0.15, 0.2) is 12.2 Å². The Balaban J connectivity index is 2.16. The van der Waals surface area contributed by atoms with E-state index in [0.29, 0.717) is 0 Å². The Morgan fingerprint density at radius 3 is 1.50 bits per heavy atom.